The minimum atomic E-state index is 0.446. The normalized spacial score (nSPS) is 12.3. The molecule has 0 fully saturated rings. The Balaban J connectivity index is 1.97. The summed E-state index contributed by atoms with van der Waals surface area (Å²) in [6.45, 7) is 3.16. The standard InChI is InChI=1S/C16H20INOS/c1-3-18-15(13-10-16(17)20-11-13)9-6-12-4-7-14(19-2)8-5-12/h4-5,7-8,10-11,15,18H,3,6,9H2,1-2H3. The Kier molecular flexibility index (Phi) is 6.32. The number of hydrogen-bond acceptors (Lipinski definition) is 3. The van der Waals surface area contributed by atoms with E-state index in [0.29, 0.717) is 6.04 Å². The summed E-state index contributed by atoms with van der Waals surface area (Å²) >= 11 is 4.20. The molecule has 1 aromatic carbocycles. The second kappa shape index (κ2) is 8.00. The number of benzene rings is 1. The van der Waals surface area contributed by atoms with Crippen molar-refractivity contribution in [2.45, 2.75) is 25.8 Å². The van der Waals surface area contributed by atoms with Gasteiger partial charge in [0.1, 0.15) is 5.75 Å². The van der Waals surface area contributed by atoms with E-state index in [9.17, 15) is 0 Å². The molecule has 108 valence electrons. The minimum absolute atomic E-state index is 0.446. The Morgan fingerprint density at radius 3 is 2.60 bits per heavy atom. The molecule has 2 nitrogen and oxygen atoms in total. The first-order valence-electron chi connectivity index (χ1n) is 6.83. The zero-order valence-electron chi connectivity index (χ0n) is 11.9. The fourth-order valence-electron chi connectivity index (χ4n) is 2.24. The first-order valence-corrected chi connectivity index (χ1v) is 8.79. The van der Waals surface area contributed by atoms with E-state index in [1.54, 1.807) is 7.11 Å². The highest BCUT2D eigenvalue weighted by Gasteiger charge is 2.12. The molecular formula is C16H20INOS. The summed E-state index contributed by atoms with van der Waals surface area (Å²) in [5, 5.41) is 5.85. The predicted molar refractivity (Wildman–Crippen MR) is 94.8 cm³/mol. The molecule has 0 aliphatic rings. The number of nitrogens with one attached hydrogen (secondary N) is 1. The SMILES string of the molecule is CCNC(CCc1ccc(OC)cc1)c1csc(I)c1. The van der Waals surface area contributed by atoms with Crippen molar-refractivity contribution in [3.63, 3.8) is 0 Å². The highest BCUT2D eigenvalue weighted by Crippen LogP contribution is 2.26. The van der Waals surface area contributed by atoms with Gasteiger partial charge in [0.2, 0.25) is 0 Å². The largest absolute Gasteiger partial charge is 0.497 e. The van der Waals surface area contributed by atoms with Crippen LogP contribution in [0.15, 0.2) is 35.7 Å². The average Bonchev–Trinajstić information content (AvgIpc) is 2.90. The van der Waals surface area contributed by atoms with E-state index in [1.165, 1.54) is 14.0 Å². The van der Waals surface area contributed by atoms with Crippen molar-refractivity contribution >= 4 is 33.9 Å². The van der Waals surface area contributed by atoms with Crippen molar-refractivity contribution in [2.75, 3.05) is 13.7 Å². The molecule has 1 aromatic heterocycles. The molecule has 0 radical (unpaired) electrons. The zero-order valence-corrected chi connectivity index (χ0v) is 14.8. The van der Waals surface area contributed by atoms with Gasteiger partial charge in [-0.25, -0.2) is 0 Å². The fourth-order valence-corrected chi connectivity index (χ4v) is 3.67. The number of rotatable bonds is 7. The molecule has 1 N–H and O–H groups in total. The maximum Gasteiger partial charge on any atom is 0.118 e. The van der Waals surface area contributed by atoms with Crippen LogP contribution < -0.4 is 10.1 Å². The third kappa shape index (κ3) is 4.46. The Morgan fingerprint density at radius 2 is 2.05 bits per heavy atom. The second-order valence-corrected chi connectivity index (χ2v) is 7.49. The second-order valence-electron chi connectivity index (χ2n) is 4.68. The van der Waals surface area contributed by atoms with Crippen LogP contribution in [0.25, 0.3) is 0 Å². The van der Waals surface area contributed by atoms with Gasteiger partial charge in [-0.2, -0.15) is 0 Å². The lowest BCUT2D eigenvalue weighted by atomic mass is 10.0. The fraction of sp³-hybridized carbons (Fsp3) is 0.375. The van der Waals surface area contributed by atoms with E-state index >= 15 is 0 Å². The summed E-state index contributed by atoms with van der Waals surface area (Å²) in [5.74, 6) is 0.921. The van der Waals surface area contributed by atoms with Crippen molar-refractivity contribution in [1.82, 2.24) is 5.32 Å². The molecule has 0 saturated carbocycles. The topological polar surface area (TPSA) is 21.3 Å². The number of halogens is 1. The van der Waals surface area contributed by atoms with Gasteiger partial charge in [-0.3, -0.25) is 0 Å². The van der Waals surface area contributed by atoms with Crippen LogP contribution >= 0.6 is 33.9 Å². The first-order chi connectivity index (χ1) is 9.72. The maximum atomic E-state index is 5.19. The number of ether oxygens (including phenoxy) is 1. The van der Waals surface area contributed by atoms with Crippen molar-refractivity contribution in [2.24, 2.45) is 0 Å². The molecule has 4 heteroatoms. The lowest BCUT2D eigenvalue weighted by Crippen LogP contribution is -2.21. The molecule has 1 atom stereocenters. The van der Waals surface area contributed by atoms with E-state index < -0.39 is 0 Å². The molecule has 0 aliphatic carbocycles. The molecule has 0 saturated heterocycles. The van der Waals surface area contributed by atoms with Gasteiger partial charge in [-0.1, -0.05) is 19.1 Å². The number of methoxy groups -OCH3 is 1. The van der Waals surface area contributed by atoms with Crippen molar-refractivity contribution < 1.29 is 4.74 Å². The van der Waals surface area contributed by atoms with Gasteiger partial charge in [-0.05, 0) is 76.7 Å². The van der Waals surface area contributed by atoms with Gasteiger partial charge in [0.05, 0.1) is 9.99 Å². The minimum Gasteiger partial charge on any atom is -0.497 e. The monoisotopic (exact) mass is 401 g/mol. The van der Waals surface area contributed by atoms with E-state index in [-0.39, 0.29) is 0 Å². The van der Waals surface area contributed by atoms with Gasteiger partial charge < -0.3 is 10.1 Å². The van der Waals surface area contributed by atoms with Crippen LogP contribution in [0.3, 0.4) is 0 Å². The van der Waals surface area contributed by atoms with Crippen molar-refractivity contribution in [3.05, 3.63) is 49.7 Å². The highest BCUT2D eigenvalue weighted by atomic mass is 127. The highest BCUT2D eigenvalue weighted by molar-refractivity contribution is 14.1. The molecule has 2 rings (SSSR count). The summed E-state index contributed by atoms with van der Waals surface area (Å²) in [7, 11) is 1.70. The molecule has 0 spiro atoms. The van der Waals surface area contributed by atoms with Gasteiger partial charge in [0, 0.05) is 6.04 Å². The smallest absolute Gasteiger partial charge is 0.118 e. The third-order valence-electron chi connectivity index (χ3n) is 3.32. The van der Waals surface area contributed by atoms with Crippen LogP contribution in [-0.2, 0) is 6.42 Å². The van der Waals surface area contributed by atoms with E-state index in [4.69, 9.17) is 4.74 Å². The van der Waals surface area contributed by atoms with E-state index in [0.717, 1.165) is 25.1 Å². The summed E-state index contributed by atoms with van der Waals surface area (Å²) in [4.78, 5) is 0. The summed E-state index contributed by atoms with van der Waals surface area (Å²) in [6, 6.07) is 11.1. The Labute approximate surface area is 138 Å². The molecular weight excluding hydrogens is 381 g/mol. The van der Waals surface area contributed by atoms with Crippen molar-refractivity contribution in [3.8, 4) is 5.75 Å². The quantitative estimate of drug-likeness (QED) is 0.683. The predicted octanol–water partition coefficient (Wildman–Crippen LogP) is 4.64. The van der Waals surface area contributed by atoms with Crippen LogP contribution in [0, 0.1) is 2.88 Å². The van der Waals surface area contributed by atoms with Crippen LogP contribution in [0.1, 0.15) is 30.5 Å². The Morgan fingerprint density at radius 1 is 1.30 bits per heavy atom. The van der Waals surface area contributed by atoms with Gasteiger partial charge in [0.15, 0.2) is 0 Å². The summed E-state index contributed by atoms with van der Waals surface area (Å²) < 4.78 is 6.55. The summed E-state index contributed by atoms with van der Waals surface area (Å²) in [6.07, 6.45) is 2.20. The van der Waals surface area contributed by atoms with E-state index in [1.807, 2.05) is 23.5 Å². The summed E-state index contributed by atoms with van der Waals surface area (Å²) in [5.41, 5.74) is 2.77. The molecule has 1 heterocycles. The lowest BCUT2D eigenvalue weighted by molar-refractivity contribution is 0.414. The number of aryl methyl sites for hydroxylation is 1. The Bertz CT molecular complexity index is 524. The lowest BCUT2D eigenvalue weighted by Gasteiger charge is -2.17. The average molecular weight is 401 g/mol. The Hall–Kier alpha value is -0.590. The van der Waals surface area contributed by atoms with Gasteiger partial charge in [-0.15, -0.1) is 11.3 Å². The van der Waals surface area contributed by atoms with Crippen LogP contribution in [0.2, 0.25) is 0 Å². The van der Waals surface area contributed by atoms with Crippen molar-refractivity contribution in [1.29, 1.82) is 0 Å². The first kappa shape index (κ1) is 15.8. The van der Waals surface area contributed by atoms with Crippen LogP contribution in [0.4, 0.5) is 0 Å². The molecule has 2 aromatic rings. The molecule has 0 aliphatic heterocycles. The third-order valence-corrected chi connectivity index (χ3v) is 5.13. The van der Waals surface area contributed by atoms with Gasteiger partial charge in [0.25, 0.3) is 0 Å². The number of thiophene rings is 1. The molecule has 1 unspecified atom stereocenters. The number of hydrogen-bond donors (Lipinski definition) is 1. The molecule has 0 amide bonds. The van der Waals surface area contributed by atoms with Crippen LogP contribution in [0.5, 0.6) is 5.75 Å². The van der Waals surface area contributed by atoms with Crippen LogP contribution in [-0.4, -0.2) is 13.7 Å². The zero-order chi connectivity index (χ0) is 14.4. The maximum absolute atomic E-state index is 5.19. The molecule has 20 heavy (non-hydrogen) atoms. The van der Waals surface area contributed by atoms with E-state index in [2.05, 4.69) is 58.4 Å². The molecule has 0 bridgehead atoms. The van der Waals surface area contributed by atoms with Gasteiger partial charge >= 0.3 is 0 Å².